The van der Waals surface area contributed by atoms with Gasteiger partial charge in [-0.1, -0.05) is 32.0 Å². The van der Waals surface area contributed by atoms with Crippen LogP contribution >= 0.6 is 0 Å². The number of nitrogens with one attached hydrogen (secondary N) is 1. The summed E-state index contributed by atoms with van der Waals surface area (Å²) in [5, 5.41) is 13.8. The number of rotatable bonds is 5. The zero-order chi connectivity index (χ0) is 19.7. The van der Waals surface area contributed by atoms with Crippen LogP contribution in [0, 0.1) is 17.0 Å². The van der Waals surface area contributed by atoms with Crippen molar-refractivity contribution in [2.24, 2.45) is 0 Å². The minimum atomic E-state index is -0.741. The monoisotopic (exact) mass is 369 g/mol. The topological polar surface area (TPSA) is 107 Å². The van der Waals surface area contributed by atoms with Gasteiger partial charge in [0.05, 0.1) is 10.4 Å². The Morgan fingerprint density at radius 3 is 2.70 bits per heavy atom. The SMILES string of the molecule is Cc1cccc(C(C)C)c1NC(=O)Cn1c(=O)oc2ccc([N+](=O)[O-])cc21. The third-order valence-electron chi connectivity index (χ3n) is 4.35. The Balaban J connectivity index is 1.94. The van der Waals surface area contributed by atoms with Crippen molar-refractivity contribution in [3.63, 3.8) is 0 Å². The predicted octanol–water partition coefficient (Wildman–Crippen LogP) is 3.57. The van der Waals surface area contributed by atoms with E-state index in [1.165, 1.54) is 18.2 Å². The molecule has 0 saturated heterocycles. The van der Waals surface area contributed by atoms with Crippen LogP contribution in [0.25, 0.3) is 11.1 Å². The Morgan fingerprint density at radius 2 is 2.04 bits per heavy atom. The summed E-state index contributed by atoms with van der Waals surface area (Å²) in [7, 11) is 0. The highest BCUT2D eigenvalue weighted by Gasteiger charge is 2.18. The van der Waals surface area contributed by atoms with Gasteiger partial charge in [0.15, 0.2) is 5.58 Å². The van der Waals surface area contributed by atoms with E-state index in [0.29, 0.717) is 5.69 Å². The molecule has 3 aromatic rings. The van der Waals surface area contributed by atoms with Gasteiger partial charge in [0, 0.05) is 17.8 Å². The average molecular weight is 369 g/mol. The minimum Gasteiger partial charge on any atom is -0.408 e. The number of nitro benzene ring substituents is 1. The molecule has 0 spiro atoms. The zero-order valence-corrected chi connectivity index (χ0v) is 15.2. The molecule has 1 N–H and O–H groups in total. The summed E-state index contributed by atoms with van der Waals surface area (Å²) in [5.41, 5.74) is 2.83. The van der Waals surface area contributed by atoms with Gasteiger partial charge in [-0.15, -0.1) is 0 Å². The van der Waals surface area contributed by atoms with Crippen molar-refractivity contribution in [2.45, 2.75) is 33.2 Å². The number of amides is 1. The third-order valence-corrected chi connectivity index (χ3v) is 4.35. The van der Waals surface area contributed by atoms with Gasteiger partial charge in [0.1, 0.15) is 6.54 Å². The lowest BCUT2D eigenvalue weighted by Gasteiger charge is -2.16. The number of fused-ring (bicyclic) bond motifs is 1. The Labute approximate surface area is 154 Å². The van der Waals surface area contributed by atoms with Crippen molar-refractivity contribution in [2.75, 3.05) is 5.32 Å². The average Bonchev–Trinajstić information content (AvgIpc) is 2.91. The van der Waals surface area contributed by atoms with Crippen LogP contribution in [-0.2, 0) is 11.3 Å². The lowest BCUT2D eigenvalue weighted by Crippen LogP contribution is -2.25. The normalized spacial score (nSPS) is 11.1. The standard InChI is InChI=1S/C19H19N3O5/c1-11(2)14-6-4-5-12(3)18(14)20-17(23)10-21-15-9-13(22(25)26)7-8-16(15)27-19(21)24/h4-9,11H,10H2,1-3H3,(H,20,23). The molecular formula is C19H19N3O5. The molecule has 1 heterocycles. The molecule has 1 aromatic heterocycles. The maximum absolute atomic E-state index is 12.6. The number of hydrogen-bond donors (Lipinski definition) is 1. The number of anilines is 1. The van der Waals surface area contributed by atoms with Gasteiger partial charge in [-0.05, 0) is 30.0 Å². The maximum atomic E-state index is 12.6. The van der Waals surface area contributed by atoms with Crippen LogP contribution in [0.4, 0.5) is 11.4 Å². The number of nitro groups is 1. The summed E-state index contributed by atoms with van der Waals surface area (Å²) in [4.78, 5) is 35.1. The highest BCUT2D eigenvalue weighted by Crippen LogP contribution is 2.27. The van der Waals surface area contributed by atoms with Crippen molar-refractivity contribution < 1.29 is 14.1 Å². The summed E-state index contributed by atoms with van der Waals surface area (Å²) in [5.74, 6) is -0.947. The van der Waals surface area contributed by atoms with Crippen molar-refractivity contribution in [1.82, 2.24) is 4.57 Å². The molecular weight excluding hydrogens is 350 g/mol. The first-order valence-corrected chi connectivity index (χ1v) is 8.45. The third kappa shape index (κ3) is 3.59. The molecule has 0 unspecified atom stereocenters. The van der Waals surface area contributed by atoms with E-state index in [4.69, 9.17) is 4.42 Å². The molecule has 2 aromatic carbocycles. The predicted molar refractivity (Wildman–Crippen MR) is 101 cm³/mol. The quantitative estimate of drug-likeness (QED) is 0.546. The first kappa shape index (κ1) is 18.4. The van der Waals surface area contributed by atoms with Crippen LogP contribution in [0.15, 0.2) is 45.6 Å². The Kier molecular flexibility index (Phi) is 4.81. The molecule has 0 radical (unpaired) electrons. The number of hydrogen-bond acceptors (Lipinski definition) is 5. The highest BCUT2D eigenvalue weighted by atomic mass is 16.6. The minimum absolute atomic E-state index is 0.182. The van der Waals surface area contributed by atoms with Gasteiger partial charge in [-0.3, -0.25) is 19.5 Å². The molecule has 8 nitrogen and oxygen atoms in total. The molecule has 0 saturated carbocycles. The number of benzene rings is 2. The molecule has 27 heavy (non-hydrogen) atoms. The lowest BCUT2D eigenvalue weighted by atomic mass is 9.98. The van der Waals surface area contributed by atoms with E-state index < -0.39 is 16.6 Å². The number of oxazole rings is 1. The number of carbonyl (C=O) groups is 1. The Bertz CT molecular complexity index is 1090. The fourth-order valence-corrected chi connectivity index (χ4v) is 2.98. The second kappa shape index (κ2) is 7.06. The zero-order valence-electron chi connectivity index (χ0n) is 15.2. The van der Waals surface area contributed by atoms with Crippen LogP contribution in [0.5, 0.6) is 0 Å². The maximum Gasteiger partial charge on any atom is 0.420 e. The van der Waals surface area contributed by atoms with E-state index >= 15 is 0 Å². The summed E-state index contributed by atoms with van der Waals surface area (Å²) < 4.78 is 6.16. The smallest absolute Gasteiger partial charge is 0.408 e. The largest absolute Gasteiger partial charge is 0.420 e. The molecule has 0 bridgehead atoms. The Hall–Kier alpha value is -3.42. The number of para-hydroxylation sites is 1. The molecule has 140 valence electrons. The molecule has 0 aliphatic heterocycles. The Morgan fingerprint density at radius 1 is 1.30 bits per heavy atom. The summed E-state index contributed by atoms with van der Waals surface area (Å²) in [6, 6.07) is 9.58. The highest BCUT2D eigenvalue weighted by molar-refractivity contribution is 5.93. The number of carbonyl (C=O) groups excluding carboxylic acids is 1. The molecule has 0 fully saturated rings. The van der Waals surface area contributed by atoms with Crippen LogP contribution in [0.2, 0.25) is 0 Å². The molecule has 0 atom stereocenters. The summed E-state index contributed by atoms with van der Waals surface area (Å²) in [6.45, 7) is 5.64. The number of aryl methyl sites for hydroxylation is 1. The van der Waals surface area contributed by atoms with Gasteiger partial charge in [-0.25, -0.2) is 4.79 Å². The second-order valence-corrected chi connectivity index (χ2v) is 6.61. The van der Waals surface area contributed by atoms with Crippen molar-refractivity contribution in [3.05, 3.63) is 68.2 Å². The fraction of sp³-hybridized carbons (Fsp3) is 0.263. The molecule has 0 aliphatic rings. The van der Waals surface area contributed by atoms with E-state index in [0.717, 1.165) is 15.7 Å². The van der Waals surface area contributed by atoms with Gasteiger partial charge in [0.25, 0.3) is 5.69 Å². The molecule has 0 aliphatic carbocycles. The molecule has 1 amide bonds. The van der Waals surface area contributed by atoms with Crippen LogP contribution in [0.1, 0.15) is 30.9 Å². The number of non-ortho nitro benzene ring substituents is 1. The van der Waals surface area contributed by atoms with E-state index in [-0.39, 0.29) is 29.2 Å². The van der Waals surface area contributed by atoms with Crippen molar-refractivity contribution >= 4 is 28.4 Å². The van der Waals surface area contributed by atoms with Gasteiger partial charge >= 0.3 is 5.76 Å². The van der Waals surface area contributed by atoms with Gasteiger partial charge in [0.2, 0.25) is 5.91 Å². The number of aromatic nitrogens is 1. The summed E-state index contributed by atoms with van der Waals surface area (Å²) in [6.07, 6.45) is 0. The van der Waals surface area contributed by atoms with E-state index in [1.807, 2.05) is 39.0 Å². The first-order chi connectivity index (χ1) is 12.8. The first-order valence-electron chi connectivity index (χ1n) is 8.45. The van der Waals surface area contributed by atoms with Crippen LogP contribution in [0.3, 0.4) is 0 Å². The van der Waals surface area contributed by atoms with E-state index in [9.17, 15) is 19.7 Å². The van der Waals surface area contributed by atoms with Gasteiger partial charge in [-0.2, -0.15) is 0 Å². The van der Waals surface area contributed by atoms with Crippen LogP contribution < -0.4 is 11.1 Å². The molecule has 3 rings (SSSR count). The molecule has 8 heteroatoms. The van der Waals surface area contributed by atoms with Crippen molar-refractivity contribution in [1.29, 1.82) is 0 Å². The lowest BCUT2D eigenvalue weighted by molar-refractivity contribution is -0.384. The van der Waals surface area contributed by atoms with E-state index in [1.54, 1.807) is 0 Å². The fourth-order valence-electron chi connectivity index (χ4n) is 2.98. The summed E-state index contributed by atoms with van der Waals surface area (Å²) >= 11 is 0. The van der Waals surface area contributed by atoms with E-state index in [2.05, 4.69) is 5.32 Å². The number of nitrogens with zero attached hydrogens (tertiary/aromatic N) is 2. The van der Waals surface area contributed by atoms with Gasteiger partial charge < -0.3 is 9.73 Å². The van der Waals surface area contributed by atoms with Crippen molar-refractivity contribution in [3.8, 4) is 0 Å². The second-order valence-electron chi connectivity index (χ2n) is 6.61. The van der Waals surface area contributed by atoms with Crippen LogP contribution in [-0.4, -0.2) is 15.4 Å².